The summed E-state index contributed by atoms with van der Waals surface area (Å²) in [5.41, 5.74) is 5.98. The summed E-state index contributed by atoms with van der Waals surface area (Å²) in [5, 5.41) is 23.7. The number of benzene rings is 1. The zero-order chi connectivity index (χ0) is 17.4. The number of urea groups is 1. The van der Waals surface area contributed by atoms with Gasteiger partial charge in [-0.05, 0) is 17.9 Å². The molecule has 1 aromatic carbocycles. The molecule has 23 heavy (non-hydrogen) atoms. The molecule has 0 saturated carbocycles. The highest BCUT2D eigenvalue weighted by atomic mass is 16.4. The van der Waals surface area contributed by atoms with Crippen molar-refractivity contribution in [2.24, 2.45) is 11.7 Å². The molecule has 0 spiro atoms. The number of primary amides is 1. The highest BCUT2D eigenvalue weighted by Gasteiger charge is 2.29. The van der Waals surface area contributed by atoms with E-state index in [-0.39, 0.29) is 12.3 Å². The Kier molecular flexibility index (Phi) is 7.57. The van der Waals surface area contributed by atoms with Gasteiger partial charge in [-0.25, -0.2) is 4.79 Å². The summed E-state index contributed by atoms with van der Waals surface area (Å²) in [6, 6.07) is 7.46. The average molecular weight is 321 g/mol. The summed E-state index contributed by atoms with van der Waals surface area (Å²) in [7, 11) is -1.67. The van der Waals surface area contributed by atoms with E-state index in [1.54, 1.807) is 0 Å². The quantitative estimate of drug-likeness (QED) is 0.426. The van der Waals surface area contributed by atoms with Gasteiger partial charge < -0.3 is 26.4 Å². The van der Waals surface area contributed by atoms with E-state index >= 15 is 0 Å². The van der Waals surface area contributed by atoms with Crippen LogP contribution < -0.4 is 16.4 Å². The second-order valence-electron chi connectivity index (χ2n) is 5.91. The summed E-state index contributed by atoms with van der Waals surface area (Å²) in [6.07, 6.45) is 0.656. The Labute approximate surface area is 136 Å². The van der Waals surface area contributed by atoms with E-state index in [1.807, 2.05) is 44.2 Å². The smallest absolute Gasteiger partial charge is 0.426 e. The van der Waals surface area contributed by atoms with Gasteiger partial charge in [0.25, 0.3) is 0 Å². The summed E-state index contributed by atoms with van der Waals surface area (Å²) < 4.78 is 0. The maximum absolute atomic E-state index is 12.4. The van der Waals surface area contributed by atoms with Gasteiger partial charge in [0.05, 0.1) is 5.94 Å². The maximum atomic E-state index is 12.4. The van der Waals surface area contributed by atoms with Gasteiger partial charge in [0.1, 0.15) is 6.04 Å². The lowest BCUT2D eigenvalue weighted by Crippen LogP contribution is -2.55. The minimum atomic E-state index is -1.67. The Hall–Kier alpha value is -2.06. The number of hydrogen-bond acceptors (Lipinski definition) is 4. The largest absolute Gasteiger partial charge is 0.475 e. The predicted octanol–water partition coefficient (Wildman–Crippen LogP) is -0.191. The van der Waals surface area contributed by atoms with E-state index in [2.05, 4.69) is 10.6 Å². The van der Waals surface area contributed by atoms with Gasteiger partial charge in [0.2, 0.25) is 5.91 Å². The molecular formula is C15H24BN3O4. The molecule has 0 aliphatic rings. The molecule has 0 bridgehead atoms. The monoisotopic (exact) mass is 321 g/mol. The normalized spacial score (nSPS) is 13.3. The minimum Gasteiger partial charge on any atom is -0.426 e. The Morgan fingerprint density at radius 1 is 1.17 bits per heavy atom. The van der Waals surface area contributed by atoms with E-state index in [1.165, 1.54) is 0 Å². The van der Waals surface area contributed by atoms with Crippen LogP contribution in [-0.4, -0.2) is 41.1 Å². The molecule has 3 amide bonds. The van der Waals surface area contributed by atoms with Crippen LogP contribution in [0.4, 0.5) is 4.79 Å². The lowest BCUT2D eigenvalue weighted by molar-refractivity contribution is -0.123. The lowest BCUT2D eigenvalue weighted by atomic mass is 9.75. The molecule has 0 aromatic heterocycles. The van der Waals surface area contributed by atoms with Crippen LogP contribution in [0, 0.1) is 5.92 Å². The number of nitrogens with one attached hydrogen (secondary N) is 2. The van der Waals surface area contributed by atoms with Gasteiger partial charge in [0, 0.05) is 6.42 Å². The summed E-state index contributed by atoms with van der Waals surface area (Å²) >= 11 is 0. The van der Waals surface area contributed by atoms with Crippen LogP contribution in [0.15, 0.2) is 30.3 Å². The zero-order valence-electron chi connectivity index (χ0n) is 13.4. The van der Waals surface area contributed by atoms with Crippen LogP contribution in [0.25, 0.3) is 0 Å². The molecule has 1 rings (SSSR count). The first-order chi connectivity index (χ1) is 10.8. The molecule has 2 atom stereocenters. The topological polar surface area (TPSA) is 125 Å². The Bertz CT molecular complexity index is 511. The van der Waals surface area contributed by atoms with Crippen molar-refractivity contribution in [3.05, 3.63) is 35.9 Å². The van der Waals surface area contributed by atoms with Crippen LogP contribution in [0.1, 0.15) is 25.8 Å². The molecule has 0 heterocycles. The molecule has 1 aromatic rings. The third kappa shape index (κ3) is 7.16. The number of carbonyl (C=O) groups is 2. The zero-order valence-corrected chi connectivity index (χ0v) is 13.4. The number of carbonyl (C=O) groups excluding carboxylic acids is 2. The number of nitrogens with two attached hydrogens (primary N) is 1. The first kappa shape index (κ1) is 19.0. The SMILES string of the molecule is CC(C)C[C@H](NC(=O)[C@H](Cc1ccccc1)NC(N)=O)B(O)O. The Morgan fingerprint density at radius 2 is 1.78 bits per heavy atom. The molecule has 0 saturated heterocycles. The Morgan fingerprint density at radius 3 is 2.26 bits per heavy atom. The van der Waals surface area contributed by atoms with Crippen LogP contribution in [-0.2, 0) is 11.2 Å². The van der Waals surface area contributed by atoms with Crippen molar-refractivity contribution in [2.75, 3.05) is 0 Å². The van der Waals surface area contributed by atoms with E-state index in [9.17, 15) is 19.6 Å². The van der Waals surface area contributed by atoms with Crippen LogP contribution in [0.2, 0.25) is 0 Å². The highest BCUT2D eigenvalue weighted by molar-refractivity contribution is 6.43. The lowest BCUT2D eigenvalue weighted by Gasteiger charge is -2.23. The van der Waals surface area contributed by atoms with E-state index in [0.29, 0.717) is 6.42 Å². The van der Waals surface area contributed by atoms with E-state index in [4.69, 9.17) is 5.73 Å². The average Bonchev–Trinajstić information content (AvgIpc) is 2.45. The van der Waals surface area contributed by atoms with Crippen LogP contribution in [0.5, 0.6) is 0 Å². The van der Waals surface area contributed by atoms with Crippen molar-refractivity contribution in [1.29, 1.82) is 0 Å². The van der Waals surface area contributed by atoms with E-state index in [0.717, 1.165) is 5.56 Å². The third-order valence-corrected chi connectivity index (χ3v) is 3.33. The molecule has 0 aliphatic heterocycles. The fourth-order valence-corrected chi connectivity index (χ4v) is 2.28. The molecule has 8 heteroatoms. The Balaban J connectivity index is 2.80. The first-order valence-corrected chi connectivity index (χ1v) is 7.56. The standard InChI is InChI=1S/C15H24BN3O4/c1-10(2)8-13(16(22)23)19-14(20)12(18-15(17)21)9-11-6-4-3-5-7-11/h3-7,10,12-13,22-23H,8-9H2,1-2H3,(H,19,20)(H3,17,18,21)/t12-,13-/m0/s1. The molecule has 126 valence electrons. The van der Waals surface area contributed by atoms with Gasteiger partial charge >= 0.3 is 13.1 Å². The van der Waals surface area contributed by atoms with Crippen molar-refractivity contribution < 1.29 is 19.6 Å². The predicted molar refractivity (Wildman–Crippen MR) is 88.2 cm³/mol. The summed E-state index contributed by atoms with van der Waals surface area (Å²) in [6.45, 7) is 3.81. The number of hydrogen-bond donors (Lipinski definition) is 5. The van der Waals surface area contributed by atoms with Crippen LogP contribution in [0.3, 0.4) is 0 Å². The highest BCUT2D eigenvalue weighted by Crippen LogP contribution is 2.08. The van der Waals surface area contributed by atoms with Crippen molar-refractivity contribution in [2.45, 2.75) is 38.7 Å². The van der Waals surface area contributed by atoms with Gasteiger partial charge in [0.15, 0.2) is 0 Å². The fraction of sp³-hybridized carbons (Fsp3) is 0.467. The van der Waals surface area contributed by atoms with Crippen molar-refractivity contribution in [3.8, 4) is 0 Å². The van der Waals surface area contributed by atoms with Crippen molar-refractivity contribution in [3.63, 3.8) is 0 Å². The van der Waals surface area contributed by atoms with Crippen LogP contribution >= 0.6 is 0 Å². The molecule has 7 nitrogen and oxygen atoms in total. The van der Waals surface area contributed by atoms with Gasteiger partial charge in [-0.3, -0.25) is 4.79 Å². The third-order valence-electron chi connectivity index (χ3n) is 3.33. The molecule has 0 fully saturated rings. The molecule has 0 radical (unpaired) electrons. The molecule has 0 aliphatic carbocycles. The maximum Gasteiger partial charge on any atom is 0.475 e. The van der Waals surface area contributed by atoms with Crippen molar-refractivity contribution in [1.82, 2.24) is 10.6 Å². The molecule has 0 unspecified atom stereocenters. The van der Waals surface area contributed by atoms with Gasteiger partial charge in [-0.2, -0.15) is 0 Å². The molecule has 6 N–H and O–H groups in total. The molecular weight excluding hydrogens is 297 g/mol. The number of rotatable bonds is 8. The second kappa shape index (κ2) is 9.17. The fourth-order valence-electron chi connectivity index (χ4n) is 2.28. The number of amides is 3. The summed E-state index contributed by atoms with van der Waals surface area (Å²) in [5.74, 6) is -1.15. The van der Waals surface area contributed by atoms with E-state index < -0.39 is 31.0 Å². The van der Waals surface area contributed by atoms with Gasteiger partial charge in [-0.15, -0.1) is 0 Å². The van der Waals surface area contributed by atoms with Crippen molar-refractivity contribution >= 4 is 19.1 Å². The van der Waals surface area contributed by atoms with Gasteiger partial charge in [-0.1, -0.05) is 44.2 Å². The minimum absolute atomic E-state index is 0.166. The first-order valence-electron chi connectivity index (χ1n) is 7.56. The summed E-state index contributed by atoms with van der Waals surface area (Å²) in [4.78, 5) is 23.5. The second-order valence-corrected chi connectivity index (χ2v) is 5.91.